The van der Waals surface area contributed by atoms with Gasteiger partial charge < -0.3 is 0 Å². The zero-order chi connectivity index (χ0) is 6.95. The van der Waals surface area contributed by atoms with Crippen LogP contribution in [0.25, 0.3) is 0 Å². The monoisotopic (exact) mass is 131 g/mol. The van der Waals surface area contributed by atoms with Crippen molar-refractivity contribution in [2.45, 2.75) is 39.0 Å². The first-order valence-electron chi connectivity index (χ1n) is 3.53. The lowest BCUT2D eigenvalue weighted by Crippen LogP contribution is -1.81. The Labute approximate surface area is 56.8 Å². The zero-order valence-corrected chi connectivity index (χ0v) is 5.97. The summed E-state index contributed by atoms with van der Waals surface area (Å²) >= 11 is 0. The van der Waals surface area contributed by atoms with E-state index in [1.807, 2.05) is 0 Å². The van der Waals surface area contributed by atoms with Crippen molar-refractivity contribution < 1.29 is 10.1 Å². The normalized spacial score (nSPS) is 10.0. The van der Waals surface area contributed by atoms with E-state index in [0.717, 1.165) is 12.8 Å². The first-order chi connectivity index (χ1) is 4.41. The molecule has 0 atom stereocenters. The number of hydrogen-bond donors (Lipinski definition) is 1. The maximum Gasteiger partial charge on any atom is 0.122 e. The lowest BCUT2D eigenvalue weighted by molar-refractivity contribution is -0.212. The molecule has 1 N–H and O–H groups in total. The molecule has 0 aromatic heterocycles. The highest BCUT2D eigenvalue weighted by Crippen LogP contribution is 2.03. The molecule has 0 aromatic carbocycles. The predicted molar refractivity (Wildman–Crippen MR) is 36.8 cm³/mol. The molecule has 0 aliphatic heterocycles. The Morgan fingerprint density at radius 3 is 2.67 bits per heavy atom. The highest BCUT2D eigenvalue weighted by atomic mass is 17.1. The Balaban J connectivity index is 2.60. The molecule has 0 heterocycles. The smallest absolute Gasteiger partial charge is 0.122 e. The van der Waals surface area contributed by atoms with Crippen LogP contribution in [0.2, 0.25) is 0 Å². The lowest BCUT2D eigenvalue weighted by Gasteiger charge is -1.95. The SMILES string of the molecule is CCCCCC[CH]OO. The Kier molecular flexibility index (Phi) is 7.85. The summed E-state index contributed by atoms with van der Waals surface area (Å²) in [6, 6.07) is 0. The van der Waals surface area contributed by atoms with Crippen LogP contribution in [0.1, 0.15) is 39.0 Å². The molecule has 1 radical (unpaired) electrons. The topological polar surface area (TPSA) is 29.5 Å². The Morgan fingerprint density at radius 1 is 1.33 bits per heavy atom. The van der Waals surface area contributed by atoms with Gasteiger partial charge in [0, 0.05) is 0 Å². The Hall–Kier alpha value is -0.0800. The molecule has 2 heteroatoms. The van der Waals surface area contributed by atoms with Crippen molar-refractivity contribution in [3.63, 3.8) is 0 Å². The molecule has 0 rings (SSSR count). The van der Waals surface area contributed by atoms with Gasteiger partial charge in [0.25, 0.3) is 0 Å². The molecule has 0 aliphatic rings. The molecule has 0 unspecified atom stereocenters. The third-order valence-corrected chi connectivity index (χ3v) is 1.25. The van der Waals surface area contributed by atoms with E-state index in [2.05, 4.69) is 11.8 Å². The van der Waals surface area contributed by atoms with Gasteiger partial charge in [-0.15, -0.1) is 0 Å². The van der Waals surface area contributed by atoms with E-state index in [-0.39, 0.29) is 0 Å². The highest BCUT2D eigenvalue weighted by Gasteiger charge is 1.87. The molecule has 0 amide bonds. The number of hydrogen-bond acceptors (Lipinski definition) is 2. The van der Waals surface area contributed by atoms with Crippen LogP contribution in [0.15, 0.2) is 0 Å². The van der Waals surface area contributed by atoms with Gasteiger partial charge >= 0.3 is 0 Å². The van der Waals surface area contributed by atoms with Crippen molar-refractivity contribution in [3.05, 3.63) is 6.61 Å². The lowest BCUT2D eigenvalue weighted by atomic mass is 10.2. The zero-order valence-electron chi connectivity index (χ0n) is 5.97. The Bertz CT molecular complexity index is 40.2. The summed E-state index contributed by atoms with van der Waals surface area (Å²) in [5.74, 6) is 0. The number of rotatable bonds is 6. The standard InChI is InChI=1S/C7H15O2/c1-2-3-4-5-6-7-9-8/h7-8H,2-6H2,1H3. The summed E-state index contributed by atoms with van der Waals surface area (Å²) in [4.78, 5) is 3.80. The van der Waals surface area contributed by atoms with Gasteiger partial charge in [0.05, 0.1) is 0 Å². The van der Waals surface area contributed by atoms with Gasteiger partial charge in [-0.25, -0.2) is 4.89 Å². The molecule has 0 aromatic rings. The van der Waals surface area contributed by atoms with Gasteiger partial charge in [-0.05, 0) is 6.42 Å². The van der Waals surface area contributed by atoms with Crippen molar-refractivity contribution in [1.29, 1.82) is 0 Å². The molecule has 0 aliphatic carbocycles. The van der Waals surface area contributed by atoms with E-state index >= 15 is 0 Å². The molecular formula is C7H15O2. The van der Waals surface area contributed by atoms with Crippen LogP contribution in [0.3, 0.4) is 0 Å². The van der Waals surface area contributed by atoms with Crippen LogP contribution < -0.4 is 0 Å². The molecule has 0 saturated carbocycles. The predicted octanol–water partition coefficient (Wildman–Crippen LogP) is 2.61. The summed E-state index contributed by atoms with van der Waals surface area (Å²) < 4.78 is 0. The summed E-state index contributed by atoms with van der Waals surface area (Å²) in [7, 11) is 0. The van der Waals surface area contributed by atoms with Crippen molar-refractivity contribution in [2.75, 3.05) is 0 Å². The molecule has 0 fully saturated rings. The minimum atomic E-state index is 0.858. The molecule has 0 saturated heterocycles. The quantitative estimate of drug-likeness (QED) is 0.341. The van der Waals surface area contributed by atoms with E-state index < -0.39 is 0 Å². The van der Waals surface area contributed by atoms with Crippen molar-refractivity contribution >= 4 is 0 Å². The summed E-state index contributed by atoms with van der Waals surface area (Å²) in [5, 5.41) is 7.87. The minimum Gasteiger partial charge on any atom is -0.251 e. The molecule has 0 spiro atoms. The largest absolute Gasteiger partial charge is 0.251 e. The average Bonchev–Trinajstić information content (AvgIpc) is 1.89. The second-order valence-electron chi connectivity index (χ2n) is 2.12. The van der Waals surface area contributed by atoms with Gasteiger partial charge in [0.15, 0.2) is 0 Å². The molecule has 0 bridgehead atoms. The third-order valence-electron chi connectivity index (χ3n) is 1.25. The summed E-state index contributed by atoms with van der Waals surface area (Å²) in [5.41, 5.74) is 0. The van der Waals surface area contributed by atoms with Gasteiger partial charge in [0.1, 0.15) is 6.61 Å². The summed E-state index contributed by atoms with van der Waals surface area (Å²) in [6.07, 6.45) is 5.74. The van der Waals surface area contributed by atoms with Crippen molar-refractivity contribution in [1.82, 2.24) is 0 Å². The fourth-order valence-electron chi connectivity index (χ4n) is 0.707. The molecule has 9 heavy (non-hydrogen) atoms. The van der Waals surface area contributed by atoms with Gasteiger partial charge in [-0.1, -0.05) is 32.6 Å². The first-order valence-corrected chi connectivity index (χ1v) is 3.53. The van der Waals surface area contributed by atoms with Gasteiger partial charge in [-0.2, -0.15) is 0 Å². The first kappa shape index (κ1) is 8.92. The maximum absolute atomic E-state index is 7.87. The van der Waals surface area contributed by atoms with Crippen LogP contribution in [0, 0.1) is 6.61 Å². The third kappa shape index (κ3) is 7.92. The second kappa shape index (κ2) is 7.92. The second-order valence-corrected chi connectivity index (χ2v) is 2.12. The van der Waals surface area contributed by atoms with Crippen LogP contribution in [-0.4, -0.2) is 5.26 Å². The highest BCUT2D eigenvalue weighted by molar-refractivity contribution is 4.48. The molecular weight excluding hydrogens is 116 g/mol. The average molecular weight is 131 g/mol. The van der Waals surface area contributed by atoms with Crippen molar-refractivity contribution in [3.8, 4) is 0 Å². The van der Waals surface area contributed by atoms with E-state index in [0.29, 0.717) is 0 Å². The van der Waals surface area contributed by atoms with Gasteiger partial charge in [0.2, 0.25) is 0 Å². The van der Waals surface area contributed by atoms with E-state index in [1.165, 1.54) is 25.9 Å². The van der Waals surface area contributed by atoms with Gasteiger partial charge in [-0.3, -0.25) is 5.26 Å². The number of unbranched alkanes of at least 4 members (excludes halogenated alkanes) is 4. The molecule has 55 valence electrons. The fourth-order valence-corrected chi connectivity index (χ4v) is 0.707. The van der Waals surface area contributed by atoms with E-state index in [1.54, 1.807) is 0 Å². The minimum absolute atomic E-state index is 0.858. The van der Waals surface area contributed by atoms with E-state index in [4.69, 9.17) is 5.26 Å². The maximum atomic E-state index is 7.87. The summed E-state index contributed by atoms with van der Waals surface area (Å²) in [6.45, 7) is 3.60. The Morgan fingerprint density at radius 2 is 2.11 bits per heavy atom. The van der Waals surface area contributed by atoms with Crippen LogP contribution in [0.5, 0.6) is 0 Å². The van der Waals surface area contributed by atoms with E-state index in [9.17, 15) is 0 Å². The fraction of sp³-hybridized carbons (Fsp3) is 0.857. The van der Waals surface area contributed by atoms with Crippen LogP contribution >= 0.6 is 0 Å². The van der Waals surface area contributed by atoms with Crippen LogP contribution in [0.4, 0.5) is 0 Å². The van der Waals surface area contributed by atoms with Crippen molar-refractivity contribution in [2.24, 2.45) is 0 Å². The van der Waals surface area contributed by atoms with Crippen LogP contribution in [-0.2, 0) is 4.89 Å². The molecule has 2 nitrogen and oxygen atoms in total.